The number of benzene rings is 1. The van der Waals surface area contributed by atoms with Crippen molar-refractivity contribution in [2.45, 2.75) is 39.5 Å². The Balaban J connectivity index is 2.06. The standard InChI is InChI=1S/C17H24N4/c1-3-4-11-19-16-15(12-20-17(18)21-16)10-9-14-8-6-5-7-13(14)2/h5-8,12H,3-4,9-11H2,1-2H3,(H3,18,19,20,21). The van der Waals surface area contributed by atoms with Crippen LogP contribution in [-0.4, -0.2) is 16.5 Å². The van der Waals surface area contributed by atoms with Crippen LogP contribution < -0.4 is 11.1 Å². The highest BCUT2D eigenvalue weighted by Crippen LogP contribution is 2.17. The summed E-state index contributed by atoms with van der Waals surface area (Å²) in [6, 6.07) is 8.48. The molecule has 1 aromatic carbocycles. The smallest absolute Gasteiger partial charge is 0.221 e. The van der Waals surface area contributed by atoms with Crippen molar-refractivity contribution in [3.8, 4) is 0 Å². The Morgan fingerprint density at radius 1 is 1.14 bits per heavy atom. The Hall–Kier alpha value is -2.10. The van der Waals surface area contributed by atoms with Crippen LogP contribution in [0.2, 0.25) is 0 Å². The van der Waals surface area contributed by atoms with Gasteiger partial charge in [0.05, 0.1) is 0 Å². The molecule has 0 amide bonds. The van der Waals surface area contributed by atoms with Crippen LogP contribution in [0.4, 0.5) is 11.8 Å². The van der Waals surface area contributed by atoms with Crippen molar-refractivity contribution in [1.29, 1.82) is 0 Å². The molecule has 0 bridgehead atoms. The fourth-order valence-corrected chi connectivity index (χ4v) is 2.30. The summed E-state index contributed by atoms with van der Waals surface area (Å²) in [4.78, 5) is 8.46. The number of nitrogens with two attached hydrogens (primary N) is 1. The van der Waals surface area contributed by atoms with Crippen molar-refractivity contribution in [3.63, 3.8) is 0 Å². The van der Waals surface area contributed by atoms with E-state index in [9.17, 15) is 0 Å². The lowest BCUT2D eigenvalue weighted by Gasteiger charge is -2.11. The van der Waals surface area contributed by atoms with Crippen LogP contribution in [-0.2, 0) is 12.8 Å². The summed E-state index contributed by atoms with van der Waals surface area (Å²) >= 11 is 0. The fourth-order valence-electron chi connectivity index (χ4n) is 2.30. The molecular weight excluding hydrogens is 260 g/mol. The number of hydrogen-bond acceptors (Lipinski definition) is 4. The van der Waals surface area contributed by atoms with Crippen LogP contribution in [0.15, 0.2) is 30.5 Å². The molecule has 4 heteroatoms. The van der Waals surface area contributed by atoms with Crippen LogP contribution in [0.3, 0.4) is 0 Å². The lowest BCUT2D eigenvalue weighted by atomic mass is 10.0. The summed E-state index contributed by atoms with van der Waals surface area (Å²) in [6.45, 7) is 5.24. The van der Waals surface area contributed by atoms with Gasteiger partial charge < -0.3 is 11.1 Å². The van der Waals surface area contributed by atoms with Crippen LogP contribution in [0.25, 0.3) is 0 Å². The number of rotatable bonds is 7. The summed E-state index contributed by atoms with van der Waals surface area (Å²) in [6.07, 6.45) is 6.03. The Kier molecular flexibility index (Phi) is 5.55. The van der Waals surface area contributed by atoms with Crippen molar-refractivity contribution < 1.29 is 0 Å². The third-order valence-electron chi connectivity index (χ3n) is 3.63. The van der Waals surface area contributed by atoms with E-state index in [-0.39, 0.29) is 0 Å². The van der Waals surface area contributed by atoms with Gasteiger partial charge >= 0.3 is 0 Å². The van der Waals surface area contributed by atoms with Crippen molar-refractivity contribution in [3.05, 3.63) is 47.2 Å². The topological polar surface area (TPSA) is 63.8 Å². The van der Waals surface area contributed by atoms with E-state index in [1.54, 1.807) is 0 Å². The van der Waals surface area contributed by atoms with Gasteiger partial charge in [0, 0.05) is 18.3 Å². The molecule has 21 heavy (non-hydrogen) atoms. The summed E-state index contributed by atoms with van der Waals surface area (Å²) in [5.41, 5.74) is 9.53. The highest BCUT2D eigenvalue weighted by Gasteiger charge is 2.07. The second-order valence-electron chi connectivity index (χ2n) is 5.31. The van der Waals surface area contributed by atoms with E-state index in [4.69, 9.17) is 5.73 Å². The molecule has 4 nitrogen and oxygen atoms in total. The number of nitrogen functional groups attached to an aromatic ring is 1. The van der Waals surface area contributed by atoms with E-state index in [2.05, 4.69) is 53.4 Å². The quantitative estimate of drug-likeness (QED) is 0.765. The third-order valence-corrected chi connectivity index (χ3v) is 3.63. The average Bonchev–Trinajstić information content (AvgIpc) is 2.48. The van der Waals surface area contributed by atoms with Crippen LogP contribution >= 0.6 is 0 Å². The first-order chi connectivity index (χ1) is 10.2. The van der Waals surface area contributed by atoms with E-state index in [1.165, 1.54) is 11.1 Å². The van der Waals surface area contributed by atoms with Gasteiger partial charge in [0.1, 0.15) is 5.82 Å². The third kappa shape index (κ3) is 4.45. The molecule has 1 heterocycles. The molecule has 0 aliphatic heterocycles. The predicted molar refractivity (Wildman–Crippen MR) is 88.4 cm³/mol. The first kappa shape index (κ1) is 15.3. The van der Waals surface area contributed by atoms with Crippen LogP contribution in [0, 0.1) is 6.92 Å². The Bertz CT molecular complexity index is 581. The Morgan fingerprint density at radius 3 is 2.67 bits per heavy atom. The number of aryl methyl sites for hydroxylation is 3. The van der Waals surface area contributed by atoms with Gasteiger partial charge in [-0.05, 0) is 37.3 Å². The molecule has 112 valence electrons. The summed E-state index contributed by atoms with van der Waals surface area (Å²) < 4.78 is 0. The molecule has 0 aliphatic rings. The maximum absolute atomic E-state index is 5.70. The average molecular weight is 284 g/mol. The molecule has 0 spiro atoms. The summed E-state index contributed by atoms with van der Waals surface area (Å²) in [5.74, 6) is 1.21. The van der Waals surface area contributed by atoms with Gasteiger partial charge in [-0.25, -0.2) is 4.98 Å². The molecule has 0 aliphatic carbocycles. The van der Waals surface area contributed by atoms with E-state index < -0.39 is 0 Å². The van der Waals surface area contributed by atoms with Crippen LogP contribution in [0.1, 0.15) is 36.5 Å². The summed E-state index contributed by atoms with van der Waals surface area (Å²) in [5, 5.41) is 3.37. The van der Waals surface area contributed by atoms with Gasteiger partial charge in [0.2, 0.25) is 5.95 Å². The molecule has 0 fully saturated rings. The van der Waals surface area contributed by atoms with Gasteiger partial charge in [-0.2, -0.15) is 4.98 Å². The maximum atomic E-state index is 5.70. The number of unbranched alkanes of at least 4 members (excludes halogenated alkanes) is 1. The molecule has 0 unspecified atom stereocenters. The van der Waals surface area contributed by atoms with Gasteiger partial charge in [0.25, 0.3) is 0 Å². The monoisotopic (exact) mass is 284 g/mol. The number of aromatic nitrogens is 2. The first-order valence-corrected chi connectivity index (χ1v) is 7.60. The first-order valence-electron chi connectivity index (χ1n) is 7.60. The predicted octanol–water partition coefficient (Wildman–Crippen LogP) is 3.36. The lowest BCUT2D eigenvalue weighted by molar-refractivity contribution is 0.825. The van der Waals surface area contributed by atoms with E-state index in [0.29, 0.717) is 5.95 Å². The normalized spacial score (nSPS) is 10.6. The van der Waals surface area contributed by atoms with E-state index in [0.717, 1.165) is 43.6 Å². The van der Waals surface area contributed by atoms with Crippen molar-refractivity contribution in [1.82, 2.24) is 9.97 Å². The second kappa shape index (κ2) is 7.62. The Labute approximate surface area is 126 Å². The highest BCUT2D eigenvalue weighted by molar-refractivity contribution is 5.46. The summed E-state index contributed by atoms with van der Waals surface area (Å²) in [7, 11) is 0. The minimum Gasteiger partial charge on any atom is -0.370 e. The molecule has 0 saturated heterocycles. The zero-order valence-electron chi connectivity index (χ0n) is 12.9. The van der Waals surface area contributed by atoms with Gasteiger partial charge in [-0.3, -0.25) is 0 Å². The molecule has 0 radical (unpaired) electrons. The molecule has 2 aromatic rings. The maximum Gasteiger partial charge on any atom is 0.221 e. The lowest BCUT2D eigenvalue weighted by Crippen LogP contribution is -2.09. The number of nitrogens with zero attached hydrogens (tertiary/aromatic N) is 2. The van der Waals surface area contributed by atoms with Crippen LogP contribution in [0.5, 0.6) is 0 Å². The van der Waals surface area contributed by atoms with Crippen molar-refractivity contribution >= 4 is 11.8 Å². The minimum absolute atomic E-state index is 0.327. The highest BCUT2D eigenvalue weighted by atomic mass is 15.1. The fraction of sp³-hybridized carbons (Fsp3) is 0.412. The van der Waals surface area contributed by atoms with Gasteiger partial charge in [0.15, 0.2) is 0 Å². The van der Waals surface area contributed by atoms with Crippen molar-refractivity contribution in [2.24, 2.45) is 0 Å². The van der Waals surface area contributed by atoms with Gasteiger partial charge in [-0.15, -0.1) is 0 Å². The zero-order valence-corrected chi connectivity index (χ0v) is 12.9. The number of anilines is 2. The van der Waals surface area contributed by atoms with E-state index >= 15 is 0 Å². The largest absolute Gasteiger partial charge is 0.370 e. The number of nitrogens with one attached hydrogen (secondary N) is 1. The molecular formula is C17H24N4. The van der Waals surface area contributed by atoms with E-state index in [1.807, 2.05) is 6.20 Å². The number of hydrogen-bond donors (Lipinski definition) is 2. The molecule has 0 atom stereocenters. The molecule has 3 N–H and O–H groups in total. The zero-order chi connectivity index (χ0) is 15.1. The SMILES string of the molecule is CCCCNc1nc(N)ncc1CCc1ccccc1C. The Morgan fingerprint density at radius 2 is 1.90 bits per heavy atom. The van der Waals surface area contributed by atoms with Crippen molar-refractivity contribution in [2.75, 3.05) is 17.6 Å². The molecule has 0 saturated carbocycles. The molecule has 1 aromatic heterocycles. The van der Waals surface area contributed by atoms with Gasteiger partial charge in [-0.1, -0.05) is 37.6 Å². The minimum atomic E-state index is 0.327. The second-order valence-corrected chi connectivity index (χ2v) is 5.31. The molecule has 2 rings (SSSR count).